The minimum atomic E-state index is 0.225. The average Bonchev–Trinajstić information content (AvgIpc) is 2.39. The number of halogens is 2. The van der Waals surface area contributed by atoms with E-state index < -0.39 is 0 Å². The third-order valence-electron chi connectivity index (χ3n) is 3.55. The molecule has 0 aliphatic carbocycles. The van der Waals surface area contributed by atoms with E-state index in [1.165, 1.54) is 0 Å². The van der Waals surface area contributed by atoms with Crippen LogP contribution in [0.25, 0.3) is 0 Å². The molecule has 1 saturated heterocycles. The molecule has 0 amide bonds. The van der Waals surface area contributed by atoms with Crippen LogP contribution in [0.4, 0.5) is 11.6 Å². The summed E-state index contributed by atoms with van der Waals surface area (Å²) in [7, 11) is 1.78. The van der Waals surface area contributed by atoms with Gasteiger partial charge in [-0.05, 0) is 24.3 Å². The summed E-state index contributed by atoms with van der Waals surface area (Å²) in [6.45, 7) is 4.72. The summed E-state index contributed by atoms with van der Waals surface area (Å²) in [6.07, 6.45) is 2.09. The Kier molecular flexibility index (Phi) is 4.76. The van der Waals surface area contributed by atoms with E-state index in [9.17, 15) is 0 Å². The van der Waals surface area contributed by atoms with Crippen LogP contribution in [0.2, 0.25) is 10.0 Å². The minimum Gasteiger partial charge on any atom is -0.381 e. The van der Waals surface area contributed by atoms with Crippen LogP contribution in [-0.4, -0.2) is 31.8 Å². The smallest absolute Gasteiger partial charge is 0.147 e. The maximum Gasteiger partial charge on any atom is 0.147 e. The molecular formula is C13H19Cl2N3O. The van der Waals surface area contributed by atoms with Crippen LogP contribution >= 0.6 is 23.2 Å². The largest absolute Gasteiger partial charge is 0.381 e. The molecule has 4 nitrogen and oxygen atoms in total. The molecule has 1 fully saturated rings. The van der Waals surface area contributed by atoms with Crippen molar-refractivity contribution < 1.29 is 4.74 Å². The molecule has 0 spiro atoms. The van der Waals surface area contributed by atoms with Gasteiger partial charge in [-0.3, -0.25) is 0 Å². The number of nitrogens with one attached hydrogen (secondary N) is 2. The van der Waals surface area contributed by atoms with Crippen molar-refractivity contribution in [3.8, 4) is 0 Å². The fraction of sp³-hybridized carbons (Fsp3) is 0.615. The lowest BCUT2D eigenvalue weighted by atomic mass is 9.82. The van der Waals surface area contributed by atoms with Crippen molar-refractivity contribution in [1.29, 1.82) is 0 Å². The summed E-state index contributed by atoms with van der Waals surface area (Å²) in [5.74, 6) is 1.30. The Labute approximate surface area is 123 Å². The van der Waals surface area contributed by atoms with E-state index in [0.29, 0.717) is 21.7 Å². The van der Waals surface area contributed by atoms with Crippen molar-refractivity contribution in [1.82, 2.24) is 4.98 Å². The highest BCUT2D eigenvalue weighted by molar-refractivity contribution is 6.37. The Morgan fingerprint density at radius 3 is 2.53 bits per heavy atom. The van der Waals surface area contributed by atoms with Gasteiger partial charge < -0.3 is 15.4 Å². The zero-order valence-electron chi connectivity index (χ0n) is 11.2. The Morgan fingerprint density at radius 1 is 1.26 bits per heavy atom. The van der Waals surface area contributed by atoms with Gasteiger partial charge in [0.25, 0.3) is 0 Å². The number of pyridine rings is 1. The van der Waals surface area contributed by atoms with Gasteiger partial charge in [0, 0.05) is 26.8 Å². The van der Waals surface area contributed by atoms with Gasteiger partial charge in [0.1, 0.15) is 11.6 Å². The summed E-state index contributed by atoms with van der Waals surface area (Å²) in [5, 5.41) is 7.34. The third-order valence-corrected chi connectivity index (χ3v) is 4.13. The molecule has 1 aliphatic rings. The lowest BCUT2D eigenvalue weighted by Gasteiger charge is -2.33. The van der Waals surface area contributed by atoms with Gasteiger partial charge in [0.2, 0.25) is 0 Å². The Bertz CT molecular complexity index is 448. The summed E-state index contributed by atoms with van der Waals surface area (Å²) in [6, 6.07) is 1.70. The normalized spacial score (nSPS) is 18.1. The van der Waals surface area contributed by atoms with E-state index in [1.807, 2.05) is 0 Å². The summed E-state index contributed by atoms with van der Waals surface area (Å²) >= 11 is 12.2. The Balaban J connectivity index is 2.06. The van der Waals surface area contributed by atoms with Crippen molar-refractivity contribution in [2.24, 2.45) is 5.41 Å². The summed E-state index contributed by atoms with van der Waals surface area (Å²) in [4.78, 5) is 4.39. The summed E-state index contributed by atoms with van der Waals surface area (Å²) < 4.78 is 5.40. The highest BCUT2D eigenvalue weighted by Gasteiger charge is 2.27. The predicted octanol–water partition coefficient (Wildman–Crippen LogP) is 3.66. The van der Waals surface area contributed by atoms with Crippen molar-refractivity contribution in [2.45, 2.75) is 19.8 Å². The predicted molar refractivity (Wildman–Crippen MR) is 80.5 cm³/mol. The van der Waals surface area contributed by atoms with E-state index in [4.69, 9.17) is 27.9 Å². The lowest BCUT2D eigenvalue weighted by Crippen LogP contribution is -2.33. The van der Waals surface area contributed by atoms with Crippen LogP contribution in [0.3, 0.4) is 0 Å². The second-order valence-electron chi connectivity index (χ2n) is 5.18. The molecule has 1 aliphatic heterocycles. The minimum absolute atomic E-state index is 0.225. The number of hydrogen-bond donors (Lipinski definition) is 2. The van der Waals surface area contributed by atoms with Crippen LogP contribution in [-0.2, 0) is 4.74 Å². The van der Waals surface area contributed by atoms with Gasteiger partial charge in [-0.1, -0.05) is 30.1 Å². The molecule has 19 heavy (non-hydrogen) atoms. The molecule has 0 radical (unpaired) electrons. The first kappa shape index (κ1) is 14.7. The van der Waals surface area contributed by atoms with Gasteiger partial charge >= 0.3 is 0 Å². The zero-order chi connectivity index (χ0) is 13.9. The van der Waals surface area contributed by atoms with Crippen LogP contribution in [0.5, 0.6) is 0 Å². The fourth-order valence-corrected chi connectivity index (χ4v) is 2.62. The van der Waals surface area contributed by atoms with E-state index in [1.54, 1.807) is 13.1 Å². The molecule has 6 heteroatoms. The third kappa shape index (κ3) is 3.65. The summed E-state index contributed by atoms with van der Waals surface area (Å²) in [5.41, 5.74) is 0.225. The molecule has 0 atom stereocenters. The number of rotatable bonds is 4. The van der Waals surface area contributed by atoms with Crippen molar-refractivity contribution in [2.75, 3.05) is 37.4 Å². The van der Waals surface area contributed by atoms with Gasteiger partial charge in [-0.25, -0.2) is 4.98 Å². The van der Waals surface area contributed by atoms with Crippen LogP contribution in [0.1, 0.15) is 19.8 Å². The highest BCUT2D eigenvalue weighted by atomic mass is 35.5. The lowest BCUT2D eigenvalue weighted by molar-refractivity contribution is 0.0300. The van der Waals surface area contributed by atoms with E-state index in [0.717, 1.165) is 32.6 Å². The number of ether oxygens (including phenoxy) is 1. The second-order valence-corrected chi connectivity index (χ2v) is 5.99. The maximum absolute atomic E-state index is 6.16. The first-order valence-electron chi connectivity index (χ1n) is 6.39. The second kappa shape index (κ2) is 6.16. The number of aromatic nitrogens is 1. The number of hydrogen-bond acceptors (Lipinski definition) is 4. The van der Waals surface area contributed by atoms with Gasteiger partial charge in [0.15, 0.2) is 0 Å². The van der Waals surface area contributed by atoms with E-state index in [-0.39, 0.29) is 5.41 Å². The zero-order valence-corrected chi connectivity index (χ0v) is 12.7. The number of nitrogens with zero attached hydrogens (tertiary/aromatic N) is 1. The molecule has 0 aromatic carbocycles. The average molecular weight is 304 g/mol. The van der Waals surface area contributed by atoms with Crippen molar-refractivity contribution in [3.63, 3.8) is 0 Å². The van der Waals surface area contributed by atoms with Gasteiger partial charge in [-0.2, -0.15) is 0 Å². The van der Waals surface area contributed by atoms with Gasteiger partial charge in [-0.15, -0.1) is 0 Å². The molecule has 1 aromatic rings. The first-order chi connectivity index (χ1) is 9.04. The Morgan fingerprint density at radius 2 is 1.89 bits per heavy atom. The van der Waals surface area contributed by atoms with Crippen molar-refractivity contribution >= 4 is 34.8 Å². The molecular weight excluding hydrogens is 285 g/mol. The van der Waals surface area contributed by atoms with Crippen molar-refractivity contribution in [3.05, 3.63) is 16.1 Å². The number of anilines is 2. The van der Waals surface area contributed by atoms with E-state index in [2.05, 4.69) is 22.5 Å². The first-order valence-corrected chi connectivity index (χ1v) is 7.15. The standard InChI is InChI=1S/C13H19Cl2N3O/c1-13(3-5-19-6-4-13)8-17-12-10(15)7-9(14)11(16-2)18-12/h7H,3-6,8H2,1-2H3,(H2,16,17,18). The fourth-order valence-electron chi connectivity index (χ4n) is 2.10. The van der Waals surface area contributed by atoms with Crippen LogP contribution in [0, 0.1) is 5.41 Å². The Hall–Kier alpha value is -0.710. The van der Waals surface area contributed by atoms with Crippen LogP contribution in [0.15, 0.2) is 6.07 Å². The maximum atomic E-state index is 6.16. The molecule has 2 N–H and O–H groups in total. The monoisotopic (exact) mass is 303 g/mol. The molecule has 0 saturated carbocycles. The highest BCUT2D eigenvalue weighted by Crippen LogP contribution is 2.33. The van der Waals surface area contributed by atoms with Gasteiger partial charge in [0.05, 0.1) is 10.0 Å². The molecule has 0 bridgehead atoms. The quantitative estimate of drug-likeness (QED) is 0.891. The van der Waals surface area contributed by atoms with E-state index >= 15 is 0 Å². The molecule has 0 unspecified atom stereocenters. The molecule has 2 heterocycles. The van der Waals surface area contributed by atoms with Crippen LogP contribution < -0.4 is 10.6 Å². The molecule has 2 rings (SSSR count). The molecule has 1 aromatic heterocycles. The molecule has 106 valence electrons. The SMILES string of the molecule is CNc1nc(NCC2(C)CCOCC2)c(Cl)cc1Cl. The topological polar surface area (TPSA) is 46.2 Å².